The van der Waals surface area contributed by atoms with Crippen LogP contribution in [0, 0.1) is 0 Å². The van der Waals surface area contributed by atoms with Gasteiger partial charge in [-0.15, -0.1) is 0 Å². The summed E-state index contributed by atoms with van der Waals surface area (Å²) in [5.41, 5.74) is 1.10. The van der Waals surface area contributed by atoms with Gasteiger partial charge in [0.1, 0.15) is 0 Å². The van der Waals surface area contributed by atoms with Gasteiger partial charge in [-0.3, -0.25) is 0 Å². The molecule has 0 bridgehead atoms. The maximum Gasteiger partial charge on any atom is 0.333 e. The van der Waals surface area contributed by atoms with Crippen molar-refractivity contribution in [2.75, 3.05) is 25.2 Å². The summed E-state index contributed by atoms with van der Waals surface area (Å²) in [6.07, 6.45) is 3.19. The number of hydrogen-bond acceptors (Lipinski definition) is 5. The fourth-order valence-corrected chi connectivity index (χ4v) is 1.39. The zero-order valence-corrected chi connectivity index (χ0v) is 22.4. The molecule has 0 heterocycles. The molecule has 0 aliphatic heterocycles. The number of aliphatic hydroxyl groups excluding tert-OH is 1. The smallest absolute Gasteiger partial charge is 0.333 e. The van der Waals surface area contributed by atoms with E-state index in [0.717, 1.165) is 0 Å². The number of carbonyl (C=O) groups excluding carboxylic acids is 2. The molecule has 10 heteroatoms. The molecule has 0 aliphatic rings. The Labute approximate surface area is 191 Å². The molecule has 0 aromatic carbocycles. The van der Waals surface area contributed by atoms with Crippen molar-refractivity contribution in [1.29, 1.82) is 0 Å². The van der Waals surface area contributed by atoms with E-state index in [1.807, 2.05) is 0 Å². The molecule has 0 unspecified atom stereocenters. The van der Waals surface area contributed by atoms with Crippen molar-refractivity contribution in [3.8, 4) is 0 Å². The summed E-state index contributed by atoms with van der Waals surface area (Å²) in [6, 6.07) is 0. The topological polar surface area (TPSA) is 72.8 Å². The normalized spacial score (nSPS) is 11.4. The lowest BCUT2D eigenvalue weighted by Crippen LogP contribution is -2.05. The predicted octanol–water partition coefficient (Wildman–Crippen LogP) is 5.56. The van der Waals surface area contributed by atoms with E-state index in [2.05, 4.69) is 84.4 Å². The molecular weight excluding hydrogens is 660 g/mol. The summed E-state index contributed by atoms with van der Waals surface area (Å²) in [6.45, 7) is 7.56. The molecule has 0 radical (unpaired) electrons. The Balaban J connectivity index is -0.000000308. The van der Waals surface area contributed by atoms with Gasteiger partial charge in [0.15, 0.2) is 1.05 Å². The number of alkyl halides is 5. The second-order valence-electron chi connectivity index (χ2n) is 3.98. The van der Waals surface area contributed by atoms with Crippen molar-refractivity contribution in [3.63, 3.8) is 0 Å². The molecule has 0 amide bonds. The first-order valence-electron chi connectivity index (χ1n) is 7.04. The number of carbonyl (C=O) groups is 2. The first kappa shape index (κ1) is 30.5. The molecule has 0 atom stereocenters. The summed E-state index contributed by atoms with van der Waals surface area (Å²) >= 11 is 15.7. The second-order valence-corrected chi connectivity index (χ2v) is 15.8. The summed E-state index contributed by atoms with van der Waals surface area (Å²) in [7, 11) is 0. The van der Waals surface area contributed by atoms with Crippen LogP contribution in [0.2, 0.25) is 0 Å². The Bertz CT molecular complexity index is 391. The van der Waals surface area contributed by atoms with Crippen molar-refractivity contribution in [1.82, 2.24) is 0 Å². The third kappa shape index (κ3) is 29.8. The van der Waals surface area contributed by atoms with E-state index in [-0.39, 0.29) is 19.6 Å². The molecule has 0 aromatic heterocycles. The predicted molar refractivity (Wildman–Crippen MR) is 120 cm³/mol. The molecule has 25 heavy (non-hydrogen) atoms. The van der Waals surface area contributed by atoms with E-state index < -0.39 is 0 Å². The van der Waals surface area contributed by atoms with Gasteiger partial charge in [0.2, 0.25) is 0 Å². The standard InChI is InChI=1S/C7H11BrO2.C7H12O3.CBr4/c2*1-3-10-7(9)6(2)4-5-8;2-1(3,4)5/h4H,3,5H2,1-2H3;4,8H,3,5H2,1-2H3;/b2*6-4+;. The number of esters is 2. The van der Waals surface area contributed by atoms with Crippen molar-refractivity contribution >= 4 is 91.6 Å². The highest BCUT2D eigenvalue weighted by Crippen LogP contribution is 2.39. The van der Waals surface area contributed by atoms with Crippen LogP contribution in [0.15, 0.2) is 23.3 Å². The van der Waals surface area contributed by atoms with Crippen molar-refractivity contribution < 1.29 is 24.2 Å². The van der Waals surface area contributed by atoms with Gasteiger partial charge in [-0.2, -0.15) is 0 Å². The zero-order chi connectivity index (χ0) is 20.5. The Morgan fingerprint density at radius 1 is 0.920 bits per heavy atom. The molecular formula is C15H23Br5O5. The zero-order valence-electron chi connectivity index (χ0n) is 14.5. The maximum atomic E-state index is 10.8. The van der Waals surface area contributed by atoms with Gasteiger partial charge >= 0.3 is 11.9 Å². The van der Waals surface area contributed by atoms with Crippen LogP contribution >= 0.6 is 79.6 Å². The van der Waals surface area contributed by atoms with E-state index >= 15 is 0 Å². The van der Waals surface area contributed by atoms with Crippen molar-refractivity contribution in [2.24, 2.45) is 0 Å². The Morgan fingerprint density at radius 2 is 1.24 bits per heavy atom. The Hall–Kier alpha value is 0.780. The number of halogens is 5. The Morgan fingerprint density at radius 3 is 1.48 bits per heavy atom. The quantitative estimate of drug-likeness (QED) is 0.226. The highest BCUT2D eigenvalue weighted by molar-refractivity contribution is 9.52. The number of rotatable bonds is 6. The van der Waals surface area contributed by atoms with Gasteiger partial charge in [0.25, 0.3) is 0 Å². The molecule has 0 aliphatic carbocycles. The van der Waals surface area contributed by atoms with Crippen LogP contribution in [0.3, 0.4) is 0 Å². The maximum absolute atomic E-state index is 10.8. The number of ether oxygens (including phenoxy) is 2. The third-order valence-corrected chi connectivity index (χ3v) is 2.30. The van der Waals surface area contributed by atoms with Crippen LogP contribution in [-0.4, -0.2) is 43.2 Å². The number of hydrogen-bond donors (Lipinski definition) is 1. The molecule has 0 saturated carbocycles. The van der Waals surface area contributed by atoms with Crippen LogP contribution in [-0.2, 0) is 19.1 Å². The van der Waals surface area contributed by atoms with Gasteiger partial charge in [-0.1, -0.05) is 22.0 Å². The summed E-state index contributed by atoms with van der Waals surface area (Å²) in [4.78, 5) is 21.6. The van der Waals surface area contributed by atoms with Gasteiger partial charge in [0, 0.05) is 16.5 Å². The van der Waals surface area contributed by atoms with Crippen molar-refractivity contribution in [3.05, 3.63) is 23.3 Å². The SMILES string of the molecule is BrC(Br)(Br)Br.CCOC(=O)/C(C)=C/CBr.CCOC(=O)/C(C)=C/CO. The second kappa shape index (κ2) is 19.5. The Kier molecular flexibility index (Phi) is 23.8. The highest BCUT2D eigenvalue weighted by Gasteiger charge is 2.08. The van der Waals surface area contributed by atoms with Gasteiger partial charge in [-0.05, 0) is 97.5 Å². The third-order valence-electron chi connectivity index (χ3n) is 1.98. The molecule has 0 saturated heterocycles. The molecule has 0 spiro atoms. The van der Waals surface area contributed by atoms with Gasteiger partial charge in [0.05, 0.1) is 19.8 Å². The molecule has 0 fully saturated rings. The fourth-order valence-electron chi connectivity index (χ4n) is 0.909. The minimum Gasteiger partial charge on any atom is -0.463 e. The molecule has 148 valence electrons. The van der Waals surface area contributed by atoms with Crippen LogP contribution in [0.25, 0.3) is 0 Å². The van der Waals surface area contributed by atoms with Crippen LogP contribution in [0.1, 0.15) is 27.7 Å². The molecule has 0 aromatic rings. The van der Waals surface area contributed by atoms with E-state index in [9.17, 15) is 9.59 Å². The van der Waals surface area contributed by atoms with E-state index in [0.29, 0.717) is 29.7 Å². The highest BCUT2D eigenvalue weighted by atomic mass is 80.0. The van der Waals surface area contributed by atoms with E-state index in [4.69, 9.17) is 9.84 Å². The number of aliphatic hydroxyl groups is 1. The summed E-state index contributed by atoms with van der Waals surface area (Å²) < 4.78 is 9.12. The summed E-state index contributed by atoms with van der Waals surface area (Å²) in [5, 5.41) is 9.06. The molecule has 0 rings (SSSR count). The van der Waals surface area contributed by atoms with Gasteiger partial charge < -0.3 is 14.6 Å². The first-order valence-corrected chi connectivity index (χ1v) is 11.3. The first-order chi connectivity index (χ1) is 11.4. The lowest BCUT2D eigenvalue weighted by molar-refractivity contribution is -0.139. The van der Waals surface area contributed by atoms with Crippen molar-refractivity contribution in [2.45, 2.75) is 28.7 Å². The van der Waals surface area contributed by atoms with E-state index in [1.165, 1.54) is 6.08 Å². The van der Waals surface area contributed by atoms with Gasteiger partial charge in [-0.25, -0.2) is 9.59 Å². The average molecular weight is 683 g/mol. The van der Waals surface area contributed by atoms with E-state index in [1.54, 1.807) is 33.8 Å². The fraction of sp³-hybridized carbons (Fsp3) is 0.600. The largest absolute Gasteiger partial charge is 0.463 e. The lowest BCUT2D eigenvalue weighted by atomic mass is 10.3. The monoisotopic (exact) mass is 678 g/mol. The molecule has 5 nitrogen and oxygen atoms in total. The minimum absolute atomic E-state index is 0.120. The van der Waals surface area contributed by atoms with Crippen LogP contribution in [0.4, 0.5) is 0 Å². The molecule has 1 N–H and O–H groups in total. The summed E-state index contributed by atoms with van der Waals surface area (Å²) in [5.74, 6) is -0.599. The van der Waals surface area contributed by atoms with Crippen LogP contribution in [0.5, 0.6) is 0 Å². The lowest BCUT2D eigenvalue weighted by Gasteiger charge is -1.99. The number of allylic oxidation sites excluding steroid dienone is 1. The minimum atomic E-state index is -0.364. The van der Waals surface area contributed by atoms with Crippen LogP contribution < -0.4 is 0 Å². The average Bonchev–Trinajstić information content (AvgIpc) is 2.47.